The number of carbonyl (C=O) groups excluding carboxylic acids is 1. The lowest BCUT2D eigenvalue weighted by Gasteiger charge is -2.26. The van der Waals surface area contributed by atoms with E-state index < -0.39 is 0 Å². The van der Waals surface area contributed by atoms with Gasteiger partial charge in [-0.3, -0.25) is 4.79 Å². The topological polar surface area (TPSA) is 59.7 Å². The van der Waals surface area contributed by atoms with E-state index in [1.165, 1.54) is 11.8 Å². The molecule has 3 aromatic rings. The van der Waals surface area contributed by atoms with Crippen molar-refractivity contribution in [2.45, 2.75) is 5.03 Å². The first-order chi connectivity index (χ1) is 12.3. The normalized spacial score (nSPS) is 14.8. The number of rotatable bonds is 4. The van der Waals surface area contributed by atoms with E-state index in [1.807, 2.05) is 53.6 Å². The van der Waals surface area contributed by atoms with Gasteiger partial charge in [0.05, 0.1) is 30.9 Å². The minimum absolute atomic E-state index is 0.130. The summed E-state index contributed by atoms with van der Waals surface area (Å²) in [5, 5.41) is 5.37. The number of carbonyl (C=O) groups is 1. The Hall–Kier alpha value is -2.38. The number of morpholine rings is 1. The summed E-state index contributed by atoms with van der Waals surface area (Å²) in [6, 6.07) is 13.9. The van der Waals surface area contributed by atoms with Crippen LogP contribution in [0.1, 0.15) is 0 Å². The smallest absolute Gasteiger partial charge is 0.233 e. The van der Waals surface area contributed by atoms with E-state index in [-0.39, 0.29) is 5.91 Å². The molecule has 4 rings (SSSR count). The van der Waals surface area contributed by atoms with Crippen LogP contribution in [-0.2, 0) is 9.53 Å². The third-order valence-electron chi connectivity index (χ3n) is 4.07. The van der Waals surface area contributed by atoms with Crippen molar-refractivity contribution in [3.05, 3.63) is 48.7 Å². The molecule has 0 radical (unpaired) electrons. The lowest BCUT2D eigenvalue weighted by molar-refractivity contribution is -0.132. The fourth-order valence-electron chi connectivity index (χ4n) is 2.73. The molecule has 0 unspecified atom stereocenters. The molecule has 0 saturated carbocycles. The van der Waals surface area contributed by atoms with Crippen molar-refractivity contribution in [2.24, 2.45) is 0 Å². The fraction of sp³-hybridized carbons (Fsp3) is 0.278. The summed E-state index contributed by atoms with van der Waals surface area (Å²) >= 11 is 1.45. The first kappa shape index (κ1) is 16.1. The van der Waals surface area contributed by atoms with Gasteiger partial charge >= 0.3 is 0 Å². The summed E-state index contributed by atoms with van der Waals surface area (Å²) in [4.78, 5) is 18.7. The van der Waals surface area contributed by atoms with Crippen molar-refractivity contribution in [3.63, 3.8) is 0 Å². The van der Waals surface area contributed by atoms with Crippen LogP contribution >= 0.6 is 11.8 Å². The van der Waals surface area contributed by atoms with Gasteiger partial charge in [0.25, 0.3) is 0 Å². The van der Waals surface area contributed by atoms with E-state index in [0.717, 1.165) is 21.9 Å². The number of imidazole rings is 1. The average Bonchev–Trinajstić information content (AvgIpc) is 3.11. The summed E-state index contributed by atoms with van der Waals surface area (Å²) in [6.45, 7) is 2.59. The number of benzene rings is 1. The molecule has 3 heterocycles. The Bertz CT molecular complexity index is 875. The highest BCUT2D eigenvalue weighted by molar-refractivity contribution is 7.99. The minimum atomic E-state index is 0.130. The Labute approximate surface area is 149 Å². The lowest BCUT2D eigenvalue weighted by atomic mass is 10.2. The SMILES string of the molecule is O=C(CSc1ccc2nc(-c3ccccc3)cn2n1)N1CCOCC1. The number of hydrogen-bond donors (Lipinski definition) is 0. The molecule has 0 aliphatic carbocycles. The lowest BCUT2D eigenvalue weighted by Crippen LogP contribution is -2.41. The van der Waals surface area contributed by atoms with Crippen molar-refractivity contribution >= 4 is 23.3 Å². The third kappa shape index (κ3) is 3.67. The second-order valence-corrected chi connectivity index (χ2v) is 6.74. The monoisotopic (exact) mass is 354 g/mol. The van der Waals surface area contributed by atoms with Crippen LogP contribution in [0.15, 0.2) is 53.7 Å². The van der Waals surface area contributed by atoms with Gasteiger partial charge in [0.2, 0.25) is 5.91 Å². The first-order valence-corrected chi connectivity index (χ1v) is 9.18. The van der Waals surface area contributed by atoms with E-state index in [4.69, 9.17) is 4.74 Å². The number of nitrogens with zero attached hydrogens (tertiary/aromatic N) is 4. The Morgan fingerprint density at radius 2 is 1.92 bits per heavy atom. The Morgan fingerprint density at radius 1 is 1.12 bits per heavy atom. The Kier molecular flexibility index (Phi) is 4.67. The van der Waals surface area contributed by atoms with Gasteiger partial charge in [-0.05, 0) is 12.1 Å². The Balaban J connectivity index is 1.46. The maximum absolute atomic E-state index is 12.2. The first-order valence-electron chi connectivity index (χ1n) is 8.20. The molecule has 25 heavy (non-hydrogen) atoms. The highest BCUT2D eigenvalue weighted by Gasteiger charge is 2.17. The molecule has 1 aromatic carbocycles. The molecular weight excluding hydrogens is 336 g/mol. The van der Waals surface area contributed by atoms with Gasteiger partial charge in [-0.25, -0.2) is 9.50 Å². The Morgan fingerprint density at radius 3 is 2.72 bits per heavy atom. The van der Waals surface area contributed by atoms with Gasteiger partial charge in [-0.15, -0.1) is 0 Å². The molecule has 2 aromatic heterocycles. The summed E-state index contributed by atoms with van der Waals surface area (Å²) in [6.07, 6.45) is 1.92. The van der Waals surface area contributed by atoms with Gasteiger partial charge < -0.3 is 9.64 Å². The number of ether oxygens (including phenoxy) is 1. The summed E-state index contributed by atoms with van der Waals surface area (Å²) < 4.78 is 7.04. The standard InChI is InChI=1S/C18H18N4O2S/c23-18(21-8-10-24-11-9-21)13-25-17-7-6-16-19-15(12-22(16)20-17)14-4-2-1-3-5-14/h1-7,12H,8-11,13H2. The molecule has 0 spiro atoms. The van der Waals surface area contributed by atoms with Crippen LogP contribution in [0.2, 0.25) is 0 Å². The predicted octanol–water partition coefficient (Wildman–Crippen LogP) is 2.35. The number of aromatic nitrogens is 3. The van der Waals surface area contributed by atoms with Crippen LogP contribution in [0.25, 0.3) is 16.9 Å². The van der Waals surface area contributed by atoms with E-state index in [0.29, 0.717) is 32.1 Å². The van der Waals surface area contributed by atoms with Crippen molar-refractivity contribution in [1.29, 1.82) is 0 Å². The predicted molar refractivity (Wildman–Crippen MR) is 96.5 cm³/mol. The summed E-state index contributed by atoms with van der Waals surface area (Å²) in [5.41, 5.74) is 2.74. The molecule has 0 atom stereocenters. The van der Waals surface area contributed by atoms with Crippen LogP contribution in [-0.4, -0.2) is 57.5 Å². The zero-order chi connectivity index (χ0) is 17.1. The number of fused-ring (bicyclic) bond motifs is 1. The van der Waals surface area contributed by atoms with Crippen LogP contribution in [0.5, 0.6) is 0 Å². The zero-order valence-electron chi connectivity index (χ0n) is 13.7. The van der Waals surface area contributed by atoms with Gasteiger partial charge in [-0.2, -0.15) is 5.10 Å². The molecule has 0 bridgehead atoms. The van der Waals surface area contributed by atoms with Gasteiger partial charge in [-0.1, -0.05) is 42.1 Å². The number of thioether (sulfide) groups is 1. The van der Waals surface area contributed by atoms with Crippen LogP contribution in [0.4, 0.5) is 0 Å². The van der Waals surface area contributed by atoms with E-state index in [2.05, 4.69) is 10.1 Å². The minimum Gasteiger partial charge on any atom is -0.378 e. The van der Waals surface area contributed by atoms with E-state index in [1.54, 1.807) is 4.52 Å². The third-order valence-corrected chi connectivity index (χ3v) is 4.98. The van der Waals surface area contributed by atoms with E-state index in [9.17, 15) is 4.79 Å². The van der Waals surface area contributed by atoms with Gasteiger partial charge in [0.15, 0.2) is 5.65 Å². The largest absolute Gasteiger partial charge is 0.378 e. The number of amides is 1. The van der Waals surface area contributed by atoms with Crippen LogP contribution in [0, 0.1) is 0 Å². The van der Waals surface area contributed by atoms with Crippen LogP contribution < -0.4 is 0 Å². The van der Waals surface area contributed by atoms with E-state index >= 15 is 0 Å². The molecule has 0 N–H and O–H groups in total. The van der Waals surface area contributed by atoms with Gasteiger partial charge in [0, 0.05) is 18.7 Å². The van der Waals surface area contributed by atoms with Crippen molar-refractivity contribution in [2.75, 3.05) is 32.1 Å². The average molecular weight is 354 g/mol. The van der Waals surface area contributed by atoms with Crippen LogP contribution in [0.3, 0.4) is 0 Å². The molecular formula is C18H18N4O2S. The molecule has 6 nitrogen and oxygen atoms in total. The maximum Gasteiger partial charge on any atom is 0.233 e. The molecule has 128 valence electrons. The molecule has 1 aliphatic rings. The fourth-order valence-corrected chi connectivity index (χ4v) is 3.49. The molecule has 1 saturated heterocycles. The molecule has 7 heteroatoms. The number of hydrogen-bond acceptors (Lipinski definition) is 5. The zero-order valence-corrected chi connectivity index (χ0v) is 14.5. The van der Waals surface area contributed by atoms with Gasteiger partial charge in [0.1, 0.15) is 5.03 Å². The molecule has 1 fully saturated rings. The van der Waals surface area contributed by atoms with Crippen molar-refractivity contribution in [3.8, 4) is 11.3 Å². The second-order valence-electron chi connectivity index (χ2n) is 5.75. The highest BCUT2D eigenvalue weighted by atomic mass is 32.2. The van der Waals surface area contributed by atoms with Crippen molar-refractivity contribution in [1.82, 2.24) is 19.5 Å². The summed E-state index contributed by atoms with van der Waals surface area (Å²) in [5.74, 6) is 0.518. The van der Waals surface area contributed by atoms with Crippen molar-refractivity contribution < 1.29 is 9.53 Å². The second kappa shape index (κ2) is 7.25. The maximum atomic E-state index is 12.2. The quantitative estimate of drug-likeness (QED) is 0.673. The summed E-state index contributed by atoms with van der Waals surface area (Å²) in [7, 11) is 0. The molecule has 1 aliphatic heterocycles. The molecule has 1 amide bonds. The highest BCUT2D eigenvalue weighted by Crippen LogP contribution is 2.21.